The third-order valence-corrected chi connectivity index (χ3v) is 7.43. The first-order valence-electron chi connectivity index (χ1n) is 11.5. The summed E-state index contributed by atoms with van der Waals surface area (Å²) in [7, 11) is -1.62. The van der Waals surface area contributed by atoms with Crippen molar-refractivity contribution in [1.29, 1.82) is 0 Å². The number of nitrogens with one attached hydrogen (secondary N) is 2. The number of fused-ring (bicyclic) bond motifs is 1. The van der Waals surface area contributed by atoms with Gasteiger partial charge in [0.25, 0.3) is 15.6 Å². The van der Waals surface area contributed by atoms with Crippen LogP contribution >= 0.6 is 11.6 Å². The predicted molar refractivity (Wildman–Crippen MR) is 148 cm³/mol. The van der Waals surface area contributed by atoms with E-state index < -0.39 is 26.7 Å². The van der Waals surface area contributed by atoms with Crippen molar-refractivity contribution >= 4 is 50.7 Å². The Morgan fingerprint density at radius 2 is 2.03 bits per heavy atom. The van der Waals surface area contributed by atoms with Gasteiger partial charge in [-0.25, -0.2) is 22.8 Å². The minimum atomic E-state index is -4.42. The van der Waals surface area contributed by atoms with Crippen LogP contribution in [0.2, 0.25) is 5.02 Å². The van der Waals surface area contributed by atoms with Crippen LogP contribution < -0.4 is 15.6 Å². The Morgan fingerprint density at radius 3 is 2.64 bits per heavy atom. The second-order valence-corrected chi connectivity index (χ2v) is 10.6. The van der Waals surface area contributed by atoms with E-state index in [9.17, 15) is 22.4 Å². The molecule has 1 unspecified atom stereocenters. The lowest BCUT2D eigenvalue weighted by molar-refractivity contribution is -0.124. The van der Waals surface area contributed by atoms with E-state index in [1.54, 1.807) is 32.0 Å². The molecule has 0 saturated heterocycles. The Bertz CT molecular complexity index is 1670. The summed E-state index contributed by atoms with van der Waals surface area (Å²) in [4.78, 5) is 32.5. The molecule has 3 aromatic rings. The number of rotatable bonds is 10. The number of ether oxygens (including phenoxy) is 1. The molecule has 1 amide bonds. The highest BCUT2D eigenvalue weighted by Gasteiger charge is 2.22. The van der Waals surface area contributed by atoms with E-state index in [-0.39, 0.29) is 34.6 Å². The topological polar surface area (TPSA) is 132 Å². The van der Waals surface area contributed by atoms with Crippen molar-refractivity contribution in [3.05, 3.63) is 87.1 Å². The van der Waals surface area contributed by atoms with Crippen LogP contribution in [0.1, 0.15) is 19.4 Å². The monoisotopic (exact) mass is 575 g/mol. The maximum atomic E-state index is 14.4. The fourth-order valence-corrected chi connectivity index (χ4v) is 5.01. The van der Waals surface area contributed by atoms with E-state index >= 15 is 0 Å². The summed E-state index contributed by atoms with van der Waals surface area (Å²) in [6.45, 7) is 6.91. The van der Waals surface area contributed by atoms with Crippen molar-refractivity contribution in [3.8, 4) is 0 Å². The third-order valence-electron chi connectivity index (χ3n) is 5.80. The summed E-state index contributed by atoms with van der Waals surface area (Å²) in [5.74, 6) is -1.87. The number of methoxy groups -OCH3 is 1. The van der Waals surface area contributed by atoms with Gasteiger partial charge < -0.3 is 10.1 Å². The number of amides is 1. The number of carbonyl (C=O) groups excluding carboxylic acids is 1. The lowest BCUT2D eigenvalue weighted by Gasteiger charge is -2.14. The van der Waals surface area contributed by atoms with Gasteiger partial charge in [0, 0.05) is 18.6 Å². The van der Waals surface area contributed by atoms with E-state index in [1.165, 1.54) is 37.2 Å². The summed E-state index contributed by atoms with van der Waals surface area (Å²) in [6, 6.07) is 8.13. The molecule has 0 aliphatic heterocycles. The van der Waals surface area contributed by atoms with Crippen molar-refractivity contribution in [2.75, 3.05) is 14.2 Å². The Morgan fingerprint density at radius 1 is 1.31 bits per heavy atom. The zero-order valence-electron chi connectivity index (χ0n) is 21.7. The molecule has 206 valence electrons. The van der Waals surface area contributed by atoms with Gasteiger partial charge in [0.05, 0.1) is 30.3 Å². The summed E-state index contributed by atoms with van der Waals surface area (Å²) in [6.07, 6.45) is 2.81. The second kappa shape index (κ2) is 12.2. The lowest BCUT2D eigenvalue weighted by atomic mass is 10.0. The minimum absolute atomic E-state index is 0.0382. The Labute approximate surface area is 229 Å². The number of sulfonamides is 1. The molecule has 0 fully saturated rings. The Kier molecular flexibility index (Phi) is 9.25. The first-order chi connectivity index (χ1) is 18.4. The molecule has 1 atom stereocenters. The molecule has 0 bridgehead atoms. The van der Waals surface area contributed by atoms with E-state index in [4.69, 9.17) is 16.3 Å². The standard InChI is InChI=1S/C26H27ClFN5O5S/c1-15(10-22(25(30-4)38-5)32-39(36,37)23-9-7-18(27)12-20(23)28)17-6-8-21-19(11-17)26(35)33(14-31-21)13-16(2)24(34)29-3/h6-12,14,16,32H,4,13H2,1-3,5H3,(H,29,34)/b15-10+,25-22-. The molecular weight excluding hydrogens is 549 g/mol. The number of aliphatic imine (C=N–C) groups is 1. The van der Waals surface area contributed by atoms with Crippen LogP contribution in [0.25, 0.3) is 16.5 Å². The van der Waals surface area contributed by atoms with Gasteiger partial charge in [0.2, 0.25) is 11.8 Å². The van der Waals surface area contributed by atoms with Crippen LogP contribution in [-0.2, 0) is 26.1 Å². The molecule has 39 heavy (non-hydrogen) atoms. The highest BCUT2D eigenvalue weighted by atomic mass is 35.5. The number of carbonyl (C=O) groups is 1. The van der Waals surface area contributed by atoms with Crippen molar-refractivity contribution in [3.63, 3.8) is 0 Å². The maximum Gasteiger partial charge on any atom is 0.264 e. The maximum absolute atomic E-state index is 14.4. The van der Waals surface area contributed by atoms with Crippen LogP contribution in [0.3, 0.4) is 0 Å². The number of aromatic nitrogens is 2. The van der Waals surface area contributed by atoms with Crippen molar-refractivity contribution in [2.45, 2.75) is 25.3 Å². The molecule has 1 heterocycles. The number of hydrogen-bond donors (Lipinski definition) is 2. The summed E-state index contributed by atoms with van der Waals surface area (Å²) >= 11 is 5.75. The largest absolute Gasteiger partial charge is 0.480 e. The van der Waals surface area contributed by atoms with E-state index in [2.05, 4.69) is 26.7 Å². The summed E-state index contributed by atoms with van der Waals surface area (Å²) in [5, 5.41) is 2.89. The molecule has 0 spiro atoms. The number of benzene rings is 2. The molecule has 0 aliphatic carbocycles. The van der Waals surface area contributed by atoms with E-state index in [1.807, 2.05) is 0 Å². The minimum Gasteiger partial charge on any atom is -0.480 e. The molecule has 2 aromatic carbocycles. The number of hydrogen-bond acceptors (Lipinski definition) is 7. The quantitative estimate of drug-likeness (QED) is 0.216. The van der Waals surface area contributed by atoms with Gasteiger partial charge in [-0.3, -0.25) is 18.9 Å². The van der Waals surface area contributed by atoms with Crippen molar-refractivity contribution in [1.82, 2.24) is 19.6 Å². The summed E-state index contributed by atoms with van der Waals surface area (Å²) in [5.41, 5.74) is 1.05. The number of nitrogens with zero attached hydrogens (tertiary/aromatic N) is 3. The lowest BCUT2D eigenvalue weighted by Crippen LogP contribution is -2.32. The summed E-state index contributed by atoms with van der Waals surface area (Å²) < 4.78 is 49.2. The number of allylic oxidation sites excluding steroid dienone is 2. The number of halogens is 2. The molecule has 10 nitrogen and oxygen atoms in total. The zero-order valence-corrected chi connectivity index (χ0v) is 23.2. The average Bonchev–Trinajstić information content (AvgIpc) is 2.89. The Balaban J connectivity index is 2.05. The van der Waals surface area contributed by atoms with E-state index in [0.717, 1.165) is 12.1 Å². The van der Waals surface area contributed by atoms with Gasteiger partial charge >= 0.3 is 0 Å². The first kappa shape index (κ1) is 29.5. The molecule has 0 saturated carbocycles. The third kappa shape index (κ3) is 6.70. The molecule has 2 N–H and O–H groups in total. The van der Waals surface area contributed by atoms with Gasteiger partial charge in [0.15, 0.2) is 0 Å². The zero-order chi connectivity index (χ0) is 28.9. The van der Waals surface area contributed by atoms with Crippen LogP contribution in [0, 0.1) is 11.7 Å². The van der Waals surface area contributed by atoms with Crippen LogP contribution in [0.5, 0.6) is 0 Å². The first-order valence-corrected chi connectivity index (χ1v) is 13.4. The smallest absolute Gasteiger partial charge is 0.264 e. The highest BCUT2D eigenvalue weighted by Crippen LogP contribution is 2.23. The van der Waals surface area contributed by atoms with Crippen LogP contribution in [0.15, 0.2) is 75.1 Å². The molecule has 1 aromatic heterocycles. The van der Waals surface area contributed by atoms with Gasteiger partial charge in [-0.05, 0) is 61.2 Å². The second-order valence-electron chi connectivity index (χ2n) is 8.54. The normalized spacial score (nSPS) is 13.4. The molecular formula is C26H27ClFN5O5S. The predicted octanol–water partition coefficient (Wildman–Crippen LogP) is 3.47. The van der Waals surface area contributed by atoms with Gasteiger partial charge in [-0.1, -0.05) is 24.6 Å². The van der Waals surface area contributed by atoms with Crippen LogP contribution in [0.4, 0.5) is 4.39 Å². The molecule has 13 heteroatoms. The van der Waals surface area contributed by atoms with Gasteiger partial charge in [-0.2, -0.15) is 0 Å². The SMILES string of the molecule is C=N/C(OC)=C(\C=C(/C)c1ccc2ncn(CC(C)C(=O)NC)c(=O)c2c1)NS(=O)(=O)c1ccc(Cl)cc1F. The van der Waals surface area contributed by atoms with Crippen LogP contribution in [-0.4, -0.2) is 44.8 Å². The fraction of sp³-hybridized carbons (Fsp3) is 0.231. The van der Waals surface area contributed by atoms with Gasteiger partial charge in [0.1, 0.15) is 16.4 Å². The van der Waals surface area contributed by atoms with Crippen molar-refractivity contribution < 1.29 is 22.3 Å². The average molecular weight is 576 g/mol. The van der Waals surface area contributed by atoms with Crippen molar-refractivity contribution in [2.24, 2.45) is 10.9 Å². The van der Waals surface area contributed by atoms with Gasteiger partial charge in [-0.15, -0.1) is 0 Å². The highest BCUT2D eigenvalue weighted by molar-refractivity contribution is 7.89. The van der Waals surface area contributed by atoms with E-state index in [0.29, 0.717) is 22.0 Å². The molecule has 0 radical (unpaired) electrons. The fourth-order valence-electron chi connectivity index (χ4n) is 3.75. The molecule has 3 rings (SSSR count). The Hall–Kier alpha value is -4.03. The molecule has 0 aliphatic rings.